The van der Waals surface area contributed by atoms with Gasteiger partial charge in [-0.25, -0.2) is 4.79 Å². The van der Waals surface area contributed by atoms with E-state index in [0.717, 1.165) is 0 Å². The number of esters is 2. The van der Waals surface area contributed by atoms with E-state index in [9.17, 15) is 9.59 Å². The summed E-state index contributed by atoms with van der Waals surface area (Å²) < 4.78 is 14.7. The molecule has 0 spiro atoms. The van der Waals surface area contributed by atoms with Crippen LogP contribution in [0.3, 0.4) is 0 Å². The molecule has 1 heterocycles. The molecule has 14 heavy (non-hydrogen) atoms. The van der Waals surface area contributed by atoms with Crippen molar-refractivity contribution in [3.8, 4) is 0 Å². The summed E-state index contributed by atoms with van der Waals surface area (Å²) in [7, 11) is 0. The number of carbonyl (C=O) groups is 2. The molecule has 0 N–H and O–H groups in total. The normalized spacial score (nSPS) is 25.9. The van der Waals surface area contributed by atoms with Crippen LogP contribution in [0.2, 0.25) is 0 Å². The Bertz CT molecular complexity index is 230. The van der Waals surface area contributed by atoms with Crippen LogP contribution in [-0.4, -0.2) is 36.0 Å². The van der Waals surface area contributed by atoms with Crippen LogP contribution < -0.4 is 0 Å². The minimum Gasteiger partial charge on any atom is -0.463 e. The van der Waals surface area contributed by atoms with Gasteiger partial charge in [0.05, 0.1) is 12.4 Å². The molecule has 1 aliphatic rings. The molecule has 0 radical (unpaired) electrons. The van der Waals surface area contributed by atoms with Crippen molar-refractivity contribution in [2.24, 2.45) is 0 Å². The van der Waals surface area contributed by atoms with Gasteiger partial charge in [0.15, 0.2) is 0 Å². The first-order chi connectivity index (χ1) is 6.63. The fourth-order valence-electron chi connectivity index (χ4n) is 0.963. The molecule has 0 amide bonds. The predicted molar refractivity (Wildman–Crippen MR) is 49.5 cm³/mol. The first-order valence-corrected chi connectivity index (χ1v) is 5.29. The molecule has 0 aliphatic carbocycles. The summed E-state index contributed by atoms with van der Waals surface area (Å²) in [5, 5.41) is 0. The second-order valence-electron chi connectivity index (χ2n) is 2.59. The lowest BCUT2D eigenvalue weighted by Gasteiger charge is -2.10. The molecular formula is C8H12O5S. The summed E-state index contributed by atoms with van der Waals surface area (Å²) in [4.78, 5) is 21.7. The van der Waals surface area contributed by atoms with E-state index in [1.54, 1.807) is 6.92 Å². The Morgan fingerprint density at radius 2 is 2.29 bits per heavy atom. The summed E-state index contributed by atoms with van der Waals surface area (Å²) >= 11 is 1.27. The molecule has 0 aromatic heterocycles. The summed E-state index contributed by atoms with van der Waals surface area (Å²) in [6, 6.07) is 0. The number of carbonyl (C=O) groups excluding carboxylic acids is 2. The van der Waals surface area contributed by atoms with Crippen molar-refractivity contribution in [1.82, 2.24) is 0 Å². The molecule has 0 aromatic carbocycles. The maximum Gasteiger partial charge on any atom is 0.345 e. The monoisotopic (exact) mass is 220 g/mol. The van der Waals surface area contributed by atoms with Crippen LogP contribution in [0.1, 0.15) is 13.8 Å². The van der Waals surface area contributed by atoms with Crippen LogP contribution in [0, 0.1) is 0 Å². The van der Waals surface area contributed by atoms with E-state index in [4.69, 9.17) is 14.2 Å². The third-order valence-electron chi connectivity index (χ3n) is 1.44. The summed E-state index contributed by atoms with van der Waals surface area (Å²) in [5.41, 5.74) is -0.667. The molecule has 1 fully saturated rings. The van der Waals surface area contributed by atoms with Crippen molar-refractivity contribution >= 4 is 23.7 Å². The van der Waals surface area contributed by atoms with E-state index < -0.39 is 23.7 Å². The van der Waals surface area contributed by atoms with Crippen molar-refractivity contribution in [1.29, 1.82) is 0 Å². The van der Waals surface area contributed by atoms with Crippen molar-refractivity contribution in [2.45, 2.75) is 25.6 Å². The number of hydrogen-bond acceptors (Lipinski definition) is 6. The Hall–Kier alpha value is -0.750. The lowest BCUT2D eigenvalue weighted by Crippen LogP contribution is -2.24. The van der Waals surface area contributed by atoms with Gasteiger partial charge in [-0.15, -0.1) is 11.8 Å². The third-order valence-corrected chi connectivity index (χ3v) is 2.51. The van der Waals surface area contributed by atoms with Crippen LogP contribution in [0.15, 0.2) is 0 Å². The van der Waals surface area contributed by atoms with Crippen molar-refractivity contribution in [3.63, 3.8) is 0 Å². The Kier molecular flexibility index (Phi) is 4.21. The first-order valence-electron chi connectivity index (χ1n) is 4.24. The molecule has 0 aromatic rings. The van der Waals surface area contributed by atoms with Gasteiger partial charge in [-0.05, 0) is 6.92 Å². The number of hydrogen-bond donors (Lipinski definition) is 0. The topological polar surface area (TPSA) is 61.8 Å². The summed E-state index contributed by atoms with van der Waals surface area (Å²) in [6.45, 7) is 3.34. The van der Waals surface area contributed by atoms with Gasteiger partial charge in [-0.2, -0.15) is 0 Å². The zero-order valence-corrected chi connectivity index (χ0v) is 8.83. The molecule has 0 bridgehead atoms. The van der Waals surface area contributed by atoms with Gasteiger partial charge >= 0.3 is 11.9 Å². The highest BCUT2D eigenvalue weighted by atomic mass is 32.2. The van der Waals surface area contributed by atoms with E-state index in [0.29, 0.717) is 12.4 Å². The first kappa shape index (κ1) is 11.3. The number of ether oxygens (including phenoxy) is 3. The lowest BCUT2D eigenvalue weighted by atomic mass is 10.6. The maximum atomic E-state index is 11.2. The Balaban J connectivity index is 2.33. The van der Waals surface area contributed by atoms with Crippen LogP contribution in [-0.2, 0) is 23.8 Å². The zero-order chi connectivity index (χ0) is 10.6. The maximum absolute atomic E-state index is 11.2. The molecule has 1 aliphatic heterocycles. The van der Waals surface area contributed by atoms with Crippen LogP contribution in [0.5, 0.6) is 0 Å². The van der Waals surface area contributed by atoms with Crippen LogP contribution in [0.4, 0.5) is 0 Å². The van der Waals surface area contributed by atoms with Gasteiger partial charge in [0.1, 0.15) is 0 Å². The SMILES string of the molecule is CCOC(=O)[C@H]1O[C@H](OC(C)=O)CS1. The predicted octanol–water partition coefficient (Wildman–Crippen LogP) is 0.528. The largest absolute Gasteiger partial charge is 0.463 e. The van der Waals surface area contributed by atoms with Crippen molar-refractivity contribution < 1.29 is 23.8 Å². The van der Waals surface area contributed by atoms with Crippen LogP contribution in [0.25, 0.3) is 0 Å². The molecule has 0 saturated carbocycles. The average Bonchev–Trinajstić information content (AvgIpc) is 2.52. The Labute approximate surface area is 86.1 Å². The third kappa shape index (κ3) is 3.19. The van der Waals surface area contributed by atoms with E-state index in [1.807, 2.05) is 0 Å². The molecule has 5 nitrogen and oxygen atoms in total. The Morgan fingerprint density at radius 1 is 1.57 bits per heavy atom. The lowest BCUT2D eigenvalue weighted by molar-refractivity contribution is -0.179. The van der Waals surface area contributed by atoms with Gasteiger partial charge in [-0.3, -0.25) is 4.79 Å². The smallest absolute Gasteiger partial charge is 0.345 e. The van der Waals surface area contributed by atoms with Crippen LogP contribution >= 0.6 is 11.8 Å². The van der Waals surface area contributed by atoms with Gasteiger partial charge < -0.3 is 14.2 Å². The molecule has 6 heteroatoms. The van der Waals surface area contributed by atoms with E-state index in [-0.39, 0.29) is 0 Å². The van der Waals surface area contributed by atoms with E-state index in [2.05, 4.69) is 0 Å². The minimum absolute atomic E-state index is 0.317. The van der Waals surface area contributed by atoms with Gasteiger partial charge in [0.2, 0.25) is 11.7 Å². The van der Waals surface area contributed by atoms with Gasteiger partial charge in [0.25, 0.3) is 0 Å². The van der Waals surface area contributed by atoms with Crippen molar-refractivity contribution in [3.05, 3.63) is 0 Å². The highest BCUT2D eigenvalue weighted by Gasteiger charge is 2.34. The van der Waals surface area contributed by atoms with Crippen molar-refractivity contribution in [2.75, 3.05) is 12.4 Å². The molecule has 0 unspecified atom stereocenters. The molecular weight excluding hydrogens is 208 g/mol. The van der Waals surface area contributed by atoms with Gasteiger partial charge in [-0.1, -0.05) is 0 Å². The standard InChI is InChI=1S/C8H12O5S/c1-3-11-7(10)8-13-6(4-14-8)12-5(2)9/h6,8H,3-4H2,1-2H3/t6-,8-/m0/s1. The number of rotatable bonds is 3. The Morgan fingerprint density at radius 3 is 2.86 bits per heavy atom. The second-order valence-corrected chi connectivity index (χ2v) is 3.69. The van der Waals surface area contributed by atoms with Gasteiger partial charge in [0, 0.05) is 6.92 Å². The fourth-order valence-corrected chi connectivity index (χ4v) is 1.85. The number of thioether (sulfide) groups is 1. The molecule has 2 atom stereocenters. The highest BCUT2D eigenvalue weighted by Crippen LogP contribution is 2.26. The molecule has 80 valence electrons. The zero-order valence-electron chi connectivity index (χ0n) is 8.02. The summed E-state index contributed by atoms with van der Waals surface area (Å²) in [5.74, 6) is -0.379. The second kappa shape index (κ2) is 5.21. The fraction of sp³-hybridized carbons (Fsp3) is 0.750. The average molecular weight is 220 g/mol. The molecule has 1 rings (SSSR count). The molecule has 1 saturated heterocycles. The highest BCUT2D eigenvalue weighted by molar-refractivity contribution is 8.00. The van der Waals surface area contributed by atoms with E-state index in [1.165, 1.54) is 18.7 Å². The summed E-state index contributed by atoms with van der Waals surface area (Å²) in [6.07, 6.45) is -0.632. The van der Waals surface area contributed by atoms with E-state index >= 15 is 0 Å². The quantitative estimate of drug-likeness (QED) is 0.646. The minimum atomic E-state index is -0.667.